The lowest BCUT2D eigenvalue weighted by atomic mass is 9.88. The van der Waals surface area contributed by atoms with E-state index in [1.54, 1.807) is 36.5 Å². The minimum Gasteiger partial charge on any atom is -0.489 e. The van der Waals surface area contributed by atoms with Crippen molar-refractivity contribution in [1.29, 1.82) is 0 Å². The summed E-state index contributed by atoms with van der Waals surface area (Å²) in [5, 5.41) is 14.2. The van der Waals surface area contributed by atoms with E-state index in [-0.39, 0.29) is 17.0 Å². The molecule has 0 aliphatic heterocycles. The van der Waals surface area contributed by atoms with Crippen molar-refractivity contribution in [3.05, 3.63) is 106 Å². The van der Waals surface area contributed by atoms with Gasteiger partial charge < -0.3 is 9.84 Å². The van der Waals surface area contributed by atoms with Gasteiger partial charge >= 0.3 is 5.97 Å². The number of carbonyl (C=O) groups is 1. The fourth-order valence-electron chi connectivity index (χ4n) is 4.60. The molecule has 5 rings (SSSR count). The second-order valence-electron chi connectivity index (χ2n) is 9.05. The van der Waals surface area contributed by atoms with Crippen molar-refractivity contribution in [1.82, 2.24) is 9.66 Å². The topological polar surface area (TPSA) is 93.8 Å². The summed E-state index contributed by atoms with van der Waals surface area (Å²) >= 11 is 0. The van der Waals surface area contributed by atoms with Gasteiger partial charge in [-0.25, -0.2) is 9.78 Å². The Morgan fingerprint density at radius 1 is 1.03 bits per heavy atom. The molecule has 1 heterocycles. The van der Waals surface area contributed by atoms with Crippen molar-refractivity contribution < 1.29 is 14.6 Å². The molecule has 7 heteroatoms. The van der Waals surface area contributed by atoms with E-state index < -0.39 is 5.97 Å². The summed E-state index contributed by atoms with van der Waals surface area (Å²) in [6, 6.07) is 21.5. The second kappa shape index (κ2) is 10.6. The van der Waals surface area contributed by atoms with Gasteiger partial charge in [0.15, 0.2) is 0 Å². The van der Waals surface area contributed by atoms with Gasteiger partial charge in [0.05, 0.1) is 22.7 Å². The van der Waals surface area contributed by atoms with E-state index in [2.05, 4.69) is 5.10 Å². The van der Waals surface area contributed by atoms with Crippen molar-refractivity contribution in [3.63, 3.8) is 0 Å². The largest absolute Gasteiger partial charge is 0.489 e. The van der Waals surface area contributed by atoms with Crippen LogP contribution in [0.1, 0.15) is 65.3 Å². The van der Waals surface area contributed by atoms with E-state index in [0.29, 0.717) is 23.3 Å². The Bertz CT molecular complexity index is 1470. The predicted molar refractivity (Wildman–Crippen MR) is 139 cm³/mol. The van der Waals surface area contributed by atoms with Crippen molar-refractivity contribution >= 4 is 23.1 Å². The van der Waals surface area contributed by atoms with Gasteiger partial charge in [0, 0.05) is 5.92 Å². The summed E-state index contributed by atoms with van der Waals surface area (Å²) in [5.74, 6) is 0.641. The highest BCUT2D eigenvalue weighted by Gasteiger charge is 2.22. The number of para-hydroxylation sites is 1. The molecule has 0 amide bonds. The smallest absolute Gasteiger partial charge is 0.335 e. The van der Waals surface area contributed by atoms with E-state index in [1.165, 1.54) is 11.1 Å². The van der Waals surface area contributed by atoms with Crippen LogP contribution < -0.4 is 10.3 Å². The van der Waals surface area contributed by atoms with Gasteiger partial charge in [0.1, 0.15) is 18.2 Å². The molecular formula is C29H27N3O4. The molecule has 0 spiro atoms. The van der Waals surface area contributed by atoms with Crippen LogP contribution in [-0.2, 0) is 6.61 Å². The predicted octanol–water partition coefficient (Wildman–Crippen LogP) is 5.60. The van der Waals surface area contributed by atoms with Crippen molar-refractivity contribution in [3.8, 4) is 5.75 Å². The quantitative estimate of drug-likeness (QED) is 0.347. The van der Waals surface area contributed by atoms with Gasteiger partial charge in [-0.05, 0) is 60.4 Å². The van der Waals surface area contributed by atoms with Gasteiger partial charge in [-0.1, -0.05) is 55.7 Å². The monoisotopic (exact) mass is 481 g/mol. The molecule has 4 aromatic rings. The van der Waals surface area contributed by atoms with Gasteiger partial charge in [0.2, 0.25) is 0 Å². The van der Waals surface area contributed by atoms with Crippen LogP contribution in [0.5, 0.6) is 5.75 Å². The molecule has 1 fully saturated rings. The number of ether oxygens (including phenoxy) is 1. The molecule has 0 saturated heterocycles. The van der Waals surface area contributed by atoms with E-state index in [0.717, 1.165) is 42.6 Å². The highest BCUT2D eigenvalue weighted by atomic mass is 16.5. The van der Waals surface area contributed by atoms with Crippen LogP contribution >= 0.6 is 0 Å². The van der Waals surface area contributed by atoms with Crippen LogP contribution in [0.2, 0.25) is 0 Å². The van der Waals surface area contributed by atoms with Crippen molar-refractivity contribution in [2.24, 2.45) is 5.10 Å². The molecule has 1 saturated carbocycles. The third-order valence-electron chi connectivity index (χ3n) is 6.54. The molecule has 7 nitrogen and oxygen atoms in total. The number of nitrogens with zero attached hydrogens (tertiary/aromatic N) is 3. The Hall–Kier alpha value is -4.26. The van der Waals surface area contributed by atoms with Crippen LogP contribution in [0.4, 0.5) is 0 Å². The van der Waals surface area contributed by atoms with Gasteiger partial charge in [-0.3, -0.25) is 4.79 Å². The number of fused-ring (bicyclic) bond motifs is 1. The lowest BCUT2D eigenvalue weighted by molar-refractivity contribution is 0.0697. The summed E-state index contributed by atoms with van der Waals surface area (Å²) in [7, 11) is 0. The fourth-order valence-corrected chi connectivity index (χ4v) is 4.60. The van der Waals surface area contributed by atoms with E-state index in [1.807, 2.05) is 42.5 Å². The Morgan fingerprint density at radius 3 is 2.58 bits per heavy atom. The molecule has 0 radical (unpaired) electrons. The summed E-state index contributed by atoms with van der Waals surface area (Å²) in [6.45, 7) is 0.306. The van der Waals surface area contributed by atoms with Gasteiger partial charge in [0.25, 0.3) is 5.56 Å². The maximum atomic E-state index is 13.4. The summed E-state index contributed by atoms with van der Waals surface area (Å²) in [4.78, 5) is 29.2. The third-order valence-corrected chi connectivity index (χ3v) is 6.54. The number of rotatable bonds is 7. The zero-order valence-corrected chi connectivity index (χ0v) is 19.8. The normalized spacial score (nSPS) is 14.3. The number of carboxylic acid groups (broad SMARTS) is 1. The second-order valence-corrected chi connectivity index (χ2v) is 9.05. The first-order chi connectivity index (χ1) is 17.6. The molecular weight excluding hydrogens is 454 g/mol. The molecule has 0 atom stereocenters. The fraction of sp³-hybridized carbons (Fsp3) is 0.241. The highest BCUT2D eigenvalue weighted by molar-refractivity contribution is 5.87. The summed E-state index contributed by atoms with van der Waals surface area (Å²) < 4.78 is 7.36. The third kappa shape index (κ3) is 5.20. The molecule has 1 aromatic heterocycles. The Kier molecular flexibility index (Phi) is 6.89. The standard InChI is InChI=1S/C29H27N3O4/c33-28-25-11-4-5-12-26(25)31-27(22-8-2-1-3-9-22)32(28)30-18-21-7-6-10-24(17-21)36-19-20-13-15-23(16-14-20)29(34)35/h4-7,10-18,22H,1-3,8-9,19H2,(H,34,35). The number of hydrogen-bond acceptors (Lipinski definition) is 5. The van der Waals surface area contributed by atoms with Crippen LogP contribution in [0.15, 0.2) is 82.7 Å². The van der Waals surface area contributed by atoms with Gasteiger partial charge in [-0.2, -0.15) is 9.78 Å². The zero-order chi connectivity index (χ0) is 24.9. The summed E-state index contributed by atoms with van der Waals surface area (Å²) in [6.07, 6.45) is 7.17. The molecule has 1 aliphatic carbocycles. The minimum atomic E-state index is -0.957. The number of aromatic carboxylic acids is 1. The first-order valence-electron chi connectivity index (χ1n) is 12.2. The molecule has 36 heavy (non-hydrogen) atoms. The summed E-state index contributed by atoms with van der Waals surface area (Å²) in [5.41, 5.74) is 2.45. The van der Waals surface area contributed by atoms with E-state index >= 15 is 0 Å². The van der Waals surface area contributed by atoms with Crippen LogP contribution in [0.25, 0.3) is 10.9 Å². The Labute approximate surface area is 208 Å². The molecule has 1 N–H and O–H groups in total. The first-order valence-corrected chi connectivity index (χ1v) is 12.2. The molecule has 1 aliphatic rings. The molecule has 0 bridgehead atoms. The molecule has 3 aromatic carbocycles. The highest BCUT2D eigenvalue weighted by Crippen LogP contribution is 2.31. The zero-order valence-electron chi connectivity index (χ0n) is 19.8. The number of hydrogen-bond donors (Lipinski definition) is 1. The SMILES string of the molecule is O=C(O)c1ccc(COc2cccc(C=Nn3c(C4CCCCC4)nc4ccccc4c3=O)c2)cc1. The molecule has 0 unspecified atom stereocenters. The lowest BCUT2D eigenvalue weighted by Gasteiger charge is -2.22. The maximum Gasteiger partial charge on any atom is 0.335 e. The van der Waals surface area contributed by atoms with E-state index in [4.69, 9.17) is 14.8 Å². The first kappa shape index (κ1) is 23.5. The average Bonchev–Trinajstić information content (AvgIpc) is 2.92. The minimum absolute atomic E-state index is 0.158. The molecule has 182 valence electrons. The van der Waals surface area contributed by atoms with Gasteiger partial charge in [-0.15, -0.1) is 0 Å². The number of aromatic nitrogens is 2. The Morgan fingerprint density at radius 2 is 1.81 bits per heavy atom. The number of carboxylic acids is 1. The number of benzene rings is 3. The van der Waals surface area contributed by atoms with Crippen LogP contribution in [0.3, 0.4) is 0 Å². The van der Waals surface area contributed by atoms with Crippen LogP contribution in [0, 0.1) is 0 Å². The maximum absolute atomic E-state index is 13.4. The van der Waals surface area contributed by atoms with Crippen molar-refractivity contribution in [2.75, 3.05) is 0 Å². The van der Waals surface area contributed by atoms with Crippen LogP contribution in [-0.4, -0.2) is 27.0 Å². The average molecular weight is 482 g/mol. The Balaban J connectivity index is 1.39. The van der Waals surface area contributed by atoms with E-state index in [9.17, 15) is 9.59 Å². The van der Waals surface area contributed by atoms with Crippen molar-refractivity contribution in [2.45, 2.75) is 44.6 Å². The lowest BCUT2D eigenvalue weighted by Crippen LogP contribution is -2.25.